The van der Waals surface area contributed by atoms with E-state index in [1.54, 1.807) is 7.11 Å². The second kappa shape index (κ2) is 5.39. The van der Waals surface area contributed by atoms with Gasteiger partial charge < -0.3 is 19.5 Å². The Balaban J connectivity index is 2.19. The molecule has 1 aromatic rings. The lowest BCUT2D eigenvalue weighted by Gasteiger charge is -2.43. The molecule has 2 rings (SSSR count). The molecule has 106 valence electrons. The minimum Gasteiger partial charge on any atom is -0.496 e. The summed E-state index contributed by atoms with van der Waals surface area (Å²) in [7, 11) is 3.75. The topological polar surface area (TPSA) is 41.9 Å². The van der Waals surface area contributed by atoms with Crippen molar-refractivity contribution in [2.45, 2.75) is 13.8 Å². The van der Waals surface area contributed by atoms with Crippen molar-refractivity contribution in [2.75, 3.05) is 45.4 Å². The van der Waals surface area contributed by atoms with Crippen LogP contribution in [0, 0.1) is 19.3 Å². The normalized spacial score (nSPS) is 16.9. The quantitative estimate of drug-likeness (QED) is 0.881. The summed E-state index contributed by atoms with van der Waals surface area (Å²) in [5.41, 5.74) is 3.38. The van der Waals surface area contributed by atoms with Crippen LogP contribution in [0.25, 0.3) is 0 Å². The zero-order valence-electron chi connectivity index (χ0n) is 12.2. The van der Waals surface area contributed by atoms with Crippen molar-refractivity contribution in [1.82, 2.24) is 0 Å². The Labute approximate surface area is 114 Å². The van der Waals surface area contributed by atoms with Gasteiger partial charge in [-0.25, -0.2) is 0 Å². The predicted molar refractivity (Wildman–Crippen MR) is 76.1 cm³/mol. The average molecular weight is 265 g/mol. The molecule has 0 unspecified atom stereocenters. The fourth-order valence-electron chi connectivity index (χ4n) is 2.62. The van der Waals surface area contributed by atoms with Crippen molar-refractivity contribution < 1.29 is 14.6 Å². The summed E-state index contributed by atoms with van der Waals surface area (Å²) in [4.78, 5) is 2.19. The molecule has 1 heterocycles. The van der Waals surface area contributed by atoms with Crippen LogP contribution in [0.5, 0.6) is 5.75 Å². The molecule has 0 atom stereocenters. The summed E-state index contributed by atoms with van der Waals surface area (Å²) >= 11 is 0. The van der Waals surface area contributed by atoms with Gasteiger partial charge in [0.25, 0.3) is 0 Å². The number of anilines is 1. The molecule has 1 fully saturated rings. The molecular weight excluding hydrogens is 242 g/mol. The fourth-order valence-corrected chi connectivity index (χ4v) is 2.62. The van der Waals surface area contributed by atoms with E-state index in [1.807, 2.05) is 6.92 Å². The highest BCUT2D eigenvalue weighted by molar-refractivity contribution is 5.58. The first-order chi connectivity index (χ1) is 9.01. The number of nitrogens with zero attached hydrogens (tertiary/aromatic N) is 1. The molecule has 4 nitrogen and oxygen atoms in total. The van der Waals surface area contributed by atoms with Gasteiger partial charge in [0.05, 0.1) is 32.3 Å². The first kappa shape index (κ1) is 14.2. The van der Waals surface area contributed by atoms with Crippen molar-refractivity contribution in [3.8, 4) is 5.75 Å². The molecule has 0 aliphatic carbocycles. The van der Waals surface area contributed by atoms with Gasteiger partial charge in [-0.1, -0.05) is 0 Å². The summed E-state index contributed by atoms with van der Waals surface area (Å²) in [6.45, 7) is 6.38. The smallest absolute Gasteiger partial charge is 0.122 e. The van der Waals surface area contributed by atoms with Crippen molar-refractivity contribution in [1.29, 1.82) is 0 Å². The Morgan fingerprint density at radius 2 is 2.00 bits per heavy atom. The summed E-state index contributed by atoms with van der Waals surface area (Å²) < 4.78 is 10.6. The summed E-state index contributed by atoms with van der Waals surface area (Å²) in [5, 5.41) is 9.51. The number of aliphatic hydroxyl groups excluding tert-OH is 1. The van der Waals surface area contributed by atoms with E-state index in [0.717, 1.165) is 17.9 Å². The van der Waals surface area contributed by atoms with Crippen LogP contribution in [0.15, 0.2) is 12.1 Å². The lowest BCUT2D eigenvalue weighted by Crippen LogP contribution is -2.52. The monoisotopic (exact) mass is 265 g/mol. The minimum atomic E-state index is -0.102. The standard InChI is InChI=1S/C15H23NO3/c1-11-6-14(18-4)12(2)5-13(11)16(3)7-15(8-17)9-19-10-15/h5-6,17H,7-10H2,1-4H3. The Morgan fingerprint density at radius 3 is 2.47 bits per heavy atom. The number of hydrogen-bond donors (Lipinski definition) is 1. The van der Waals surface area contributed by atoms with Crippen LogP contribution in [-0.2, 0) is 4.74 Å². The van der Waals surface area contributed by atoms with Crippen molar-refractivity contribution in [2.24, 2.45) is 5.41 Å². The molecule has 0 bridgehead atoms. The molecule has 1 aliphatic rings. The number of methoxy groups -OCH3 is 1. The third-order valence-electron chi connectivity index (χ3n) is 3.85. The van der Waals surface area contributed by atoms with Gasteiger partial charge in [0, 0.05) is 19.3 Å². The van der Waals surface area contributed by atoms with Crippen LogP contribution in [0.1, 0.15) is 11.1 Å². The Bertz CT molecular complexity index is 449. The number of rotatable bonds is 5. The molecule has 19 heavy (non-hydrogen) atoms. The van der Waals surface area contributed by atoms with Gasteiger partial charge in [-0.2, -0.15) is 0 Å². The summed E-state index contributed by atoms with van der Waals surface area (Å²) in [6, 6.07) is 4.20. The first-order valence-electron chi connectivity index (χ1n) is 6.56. The van der Waals surface area contributed by atoms with Crippen LogP contribution in [0.3, 0.4) is 0 Å². The SMILES string of the molecule is COc1cc(C)c(N(C)CC2(CO)COC2)cc1C. The highest BCUT2D eigenvalue weighted by Crippen LogP contribution is 2.33. The van der Waals surface area contributed by atoms with Crippen molar-refractivity contribution in [3.63, 3.8) is 0 Å². The van der Waals surface area contributed by atoms with E-state index in [1.165, 1.54) is 11.3 Å². The lowest BCUT2D eigenvalue weighted by atomic mass is 9.86. The van der Waals surface area contributed by atoms with Gasteiger partial charge in [-0.05, 0) is 37.1 Å². The van der Waals surface area contributed by atoms with Crippen LogP contribution in [-0.4, -0.2) is 45.6 Å². The second-order valence-corrected chi connectivity index (χ2v) is 5.62. The largest absolute Gasteiger partial charge is 0.496 e. The van der Waals surface area contributed by atoms with Gasteiger partial charge >= 0.3 is 0 Å². The maximum atomic E-state index is 9.51. The average Bonchev–Trinajstić information content (AvgIpc) is 2.35. The highest BCUT2D eigenvalue weighted by atomic mass is 16.5. The Morgan fingerprint density at radius 1 is 1.32 bits per heavy atom. The number of benzene rings is 1. The zero-order chi connectivity index (χ0) is 14.0. The van der Waals surface area contributed by atoms with E-state index in [4.69, 9.17) is 9.47 Å². The molecule has 1 aliphatic heterocycles. The molecule has 4 heteroatoms. The van der Waals surface area contributed by atoms with E-state index in [-0.39, 0.29) is 12.0 Å². The molecule has 0 radical (unpaired) electrons. The number of hydrogen-bond acceptors (Lipinski definition) is 4. The lowest BCUT2D eigenvalue weighted by molar-refractivity contribution is -0.130. The molecule has 0 saturated carbocycles. The maximum absolute atomic E-state index is 9.51. The van der Waals surface area contributed by atoms with Crippen molar-refractivity contribution >= 4 is 5.69 Å². The minimum absolute atomic E-state index is 0.102. The Kier molecular flexibility index (Phi) is 4.02. The number of aryl methyl sites for hydroxylation is 2. The maximum Gasteiger partial charge on any atom is 0.122 e. The van der Waals surface area contributed by atoms with Gasteiger partial charge in [-0.15, -0.1) is 0 Å². The molecule has 1 aromatic carbocycles. The predicted octanol–water partition coefficient (Wildman–Crippen LogP) is 1.76. The van der Waals surface area contributed by atoms with Gasteiger partial charge in [-0.3, -0.25) is 0 Å². The molecule has 0 aromatic heterocycles. The first-order valence-corrected chi connectivity index (χ1v) is 6.56. The van der Waals surface area contributed by atoms with Gasteiger partial charge in [0.2, 0.25) is 0 Å². The van der Waals surface area contributed by atoms with Gasteiger partial charge in [0.15, 0.2) is 0 Å². The molecule has 0 amide bonds. The number of aliphatic hydroxyl groups is 1. The third kappa shape index (κ3) is 2.69. The second-order valence-electron chi connectivity index (χ2n) is 5.62. The van der Waals surface area contributed by atoms with Crippen LogP contribution < -0.4 is 9.64 Å². The third-order valence-corrected chi connectivity index (χ3v) is 3.85. The van der Waals surface area contributed by atoms with Crippen molar-refractivity contribution in [3.05, 3.63) is 23.3 Å². The highest BCUT2D eigenvalue weighted by Gasteiger charge is 2.39. The van der Waals surface area contributed by atoms with E-state index in [9.17, 15) is 5.11 Å². The molecule has 1 saturated heterocycles. The van der Waals surface area contributed by atoms with Crippen LogP contribution in [0.2, 0.25) is 0 Å². The summed E-state index contributed by atoms with van der Waals surface area (Å²) in [5.74, 6) is 0.915. The molecular formula is C15H23NO3. The Hall–Kier alpha value is -1.26. The van der Waals surface area contributed by atoms with E-state index >= 15 is 0 Å². The van der Waals surface area contributed by atoms with Crippen LogP contribution in [0.4, 0.5) is 5.69 Å². The molecule has 1 N–H and O–H groups in total. The molecule has 0 spiro atoms. The van der Waals surface area contributed by atoms with Crippen LogP contribution >= 0.6 is 0 Å². The van der Waals surface area contributed by atoms with Gasteiger partial charge in [0.1, 0.15) is 5.75 Å². The van der Waals surface area contributed by atoms with E-state index < -0.39 is 0 Å². The zero-order valence-corrected chi connectivity index (χ0v) is 12.2. The summed E-state index contributed by atoms with van der Waals surface area (Å²) in [6.07, 6.45) is 0. The number of ether oxygens (including phenoxy) is 2. The fraction of sp³-hybridized carbons (Fsp3) is 0.600. The van der Waals surface area contributed by atoms with E-state index in [2.05, 4.69) is 31.0 Å². The van der Waals surface area contributed by atoms with E-state index in [0.29, 0.717) is 13.2 Å².